The van der Waals surface area contributed by atoms with E-state index in [0.29, 0.717) is 30.8 Å². The number of rotatable bonds is 8. The third-order valence-corrected chi connectivity index (χ3v) is 5.90. The van der Waals surface area contributed by atoms with Crippen LogP contribution in [0.4, 0.5) is 0 Å². The molecule has 2 fully saturated rings. The largest absolute Gasteiger partial charge is 0.313 e. The topological polar surface area (TPSA) is 49.4 Å². The van der Waals surface area contributed by atoms with Crippen molar-refractivity contribution >= 4 is 10.0 Å². The number of sulfonamides is 1. The fraction of sp³-hybridized carbons (Fsp3) is 1.00. The Hall–Kier alpha value is -0.130. The normalized spacial score (nSPS) is 24.9. The summed E-state index contributed by atoms with van der Waals surface area (Å²) < 4.78 is 26.5. The first kappa shape index (κ1) is 14.3. The average molecular weight is 274 g/mol. The van der Waals surface area contributed by atoms with Crippen LogP contribution >= 0.6 is 0 Å². The van der Waals surface area contributed by atoms with E-state index in [1.807, 2.05) is 0 Å². The van der Waals surface area contributed by atoms with Gasteiger partial charge >= 0.3 is 0 Å². The van der Waals surface area contributed by atoms with E-state index in [4.69, 9.17) is 0 Å². The molecule has 0 radical (unpaired) electrons. The van der Waals surface area contributed by atoms with E-state index in [1.54, 1.807) is 4.31 Å². The predicted octanol–water partition coefficient (Wildman–Crippen LogP) is 1.58. The summed E-state index contributed by atoms with van der Waals surface area (Å²) in [5, 5.41) is 3.40. The number of nitrogens with zero attached hydrogens (tertiary/aromatic N) is 1. The molecular weight excluding hydrogens is 248 g/mol. The van der Waals surface area contributed by atoms with Crippen LogP contribution < -0.4 is 5.32 Å². The maximum atomic E-state index is 12.4. The van der Waals surface area contributed by atoms with Crippen LogP contribution in [0.5, 0.6) is 0 Å². The lowest BCUT2D eigenvalue weighted by Crippen LogP contribution is -2.42. The Kier molecular flexibility index (Phi) is 5.04. The van der Waals surface area contributed by atoms with E-state index in [9.17, 15) is 8.42 Å². The van der Waals surface area contributed by atoms with Gasteiger partial charge in [-0.15, -0.1) is 0 Å². The molecule has 2 rings (SSSR count). The quantitative estimate of drug-likeness (QED) is 0.731. The van der Waals surface area contributed by atoms with Crippen LogP contribution in [0.2, 0.25) is 0 Å². The Labute approximate surface area is 111 Å². The summed E-state index contributed by atoms with van der Waals surface area (Å²) in [4.78, 5) is 0. The minimum atomic E-state index is -3.03. The smallest absolute Gasteiger partial charge is 0.214 e. The fourth-order valence-electron chi connectivity index (χ4n) is 2.52. The van der Waals surface area contributed by atoms with Gasteiger partial charge in [0.05, 0.1) is 5.75 Å². The van der Waals surface area contributed by atoms with E-state index >= 15 is 0 Å². The Morgan fingerprint density at radius 2 is 2.06 bits per heavy atom. The van der Waals surface area contributed by atoms with Crippen LogP contribution in [0.25, 0.3) is 0 Å². The molecule has 1 aliphatic carbocycles. The first-order valence-electron chi connectivity index (χ1n) is 7.33. The van der Waals surface area contributed by atoms with Crippen LogP contribution in [0.15, 0.2) is 0 Å². The van der Waals surface area contributed by atoms with Crippen molar-refractivity contribution < 1.29 is 8.42 Å². The summed E-state index contributed by atoms with van der Waals surface area (Å²) in [5.74, 6) is 0.819. The first-order valence-corrected chi connectivity index (χ1v) is 8.94. The molecule has 1 unspecified atom stereocenters. The zero-order valence-electron chi connectivity index (χ0n) is 11.4. The van der Waals surface area contributed by atoms with Gasteiger partial charge in [0.2, 0.25) is 10.0 Å². The summed E-state index contributed by atoms with van der Waals surface area (Å²) in [6.45, 7) is 4.52. The van der Waals surface area contributed by atoms with E-state index in [-0.39, 0.29) is 0 Å². The van der Waals surface area contributed by atoms with Crippen molar-refractivity contribution in [3.05, 3.63) is 0 Å². The second-order valence-corrected chi connectivity index (χ2v) is 7.74. The second-order valence-electron chi connectivity index (χ2n) is 5.73. The lowest BCUT2D eigenvalue weighted by Gasteiger charge is -2.25. The molecule has 1 aliphatic heterocycles. The SMILES string of the molecule is CCCCN(CC1CCCN1)S(=O)(=O)CC1CC1. The molecule has 1 heterocycles. The molecule has 18 heavy (non-hydrogen) atoms. The molecule has 2 aliphatic rings. The molecule has 1 saturated heterocycles. The Morgan fingerprint density at radius 1 is 1.28 bits per heavy atom. The summed E-state index contributed by atoms with van der Waals surface area (Å²) in [7, 11) is -3.03. The third-order valence-electron chi connectivity index (χ3n) is 3.88. The van der Waals surface area contributed by atoms with Crippen LogP contribution in [-0.4, -0.2) is 44.2 Å². The molecule has 0 amide bonds. The van der Waals surface area contributed by atoms with Crippen LogP contribution in [-0.2, 0) is 10.0 Å². The van der Waals surface area contributed by atoms with E-state index in [0.717, 1.165) is 38.6 Å². The first-order chi connectivity index (χ1) is 8.62. The molecule has 0 spiro atoms. The number of hydrogen-bond acceptors (Lipinski definition) is 3. The van der Waals surface area contributed by atoms with Gasteiger partial charge in [-0.25, -0.2) is 12.7 Å². The maximum absolute atomic E-state index is 12.4. The molecule has 5 heteroatoms. The van der Waals surface area contributed by atoms with Gasteiger partial charge in [0.25, 0.3) is 0 Å². The van der Waals surface area contributed by atoms with Crippen LogP contribution in [0.3, 0.4) is 0 Å². The van der Waals surface area contributed by atoms with E-state index in [2.05, 4.69) is 12.2 Å². The fourth-order valence-corrected chi connectivity index (χ4v) is 4.48. The lowest BCUT2D eigenvalue weighted by molar-refractivity contribution is 0.363. The molecule has 0 bridgehead atoms. The Bertz CT molecular complexity index is 346. The number of nitrogens with one attached hydrogen (secondary N) is 1. The van der Waals surface area contributed by atoms with Gasteiger partial charge in [0.1, 0.15) is 0 Å². The summed E-state index contributed by atoms with van der Waals surface area (Å²) in [6, 6.07) is 0.371. The minimum absolute atomic E-state index is 0.371. The van der Waals surface area contributed by atoms with Gasteiger partial charge in [-0.05, 0) is 44.6 Å². The average Bonchev–Trinajstić information content (AvgIpc) is 2.96. The highest BCUT2D eigenvalue weighted by Crippen LogP contribution is 2.31. The van der Waals surface area contributed by atoms with Crippen molar-refractivity contribution in [2.24, 2.45) is 5.92 Å². The zero-order chi connectivity index (χ0) is 13.0. The van der Waals surface area contributed by atoms with E-state index in [1.165, 1.54) is 6.42 Å². The van der Waals surface area contributed by atoms with Crippen molar-refractivity contribution in [2.75, 3.05) is 25.4 Å². The number of hydrogen-bond donors (Lipinski definition) is 1. The van der Waals surface area contributed by atoms with Gasteiger partial charge in [-0.2, -0.15) is 0 Å². The molecule has 0 aromatic rings. The Morgan fingerprint density at radius 3 is 2.61 bits per heavy atom. The lowest BCUT2D eigenvalue weighted by atomic mass is 10.2. The molecule has 1 saturated carbocycles. The number of unbranched alkanes of at least 4 members (excludes halogenated alkanes) is 1. The van der Waals surface area contributed by atoms with Crippen molar-refractivity contribution in [3.63, 3.8) is 0 Å². The van der Waals surface area contributed by atoms with Crippen molar-refractivity contribution in [3.8, 4) is 0 Å². The van der Waals surface area contributed by atoms with Crippen molar-refractivity contribution in [2.45, 2.75) is 51.5 Å². The van der Waals surface area contributed by atoms with Gasteiger partial charge in [0, 0.05) is 19.1 Å². The van der Waals surface area contributed by atoms with Gasteiger partial charge in [0.15, 0.2) is 0 Å². The highest BCUT2D eigenvalue weighted by Gasteiger charge is 2.33. The van der Waals surface area contributed by atoms with Gasteiger partial charge < -0.3 is 5.32 Å². The van der Waals surface area contributed by atoms with Gasteiger partial charge in [-0.1, -0.05) is 13.3 Å². The molecule has 106 valence electrons. The minimum Gasteiger partial charge on any atom is -0.313 e. The highest BCUT2D eigenvalue weighted by molar-refractivity contribution is 7.89. The van der Waals surface area contributed by atoms with Crippen molar-refractivity contribution in [1.29, 1.82) is 0 Å². The molecule has 0 aromatic heterocycles. The van der Waals surface area contributed by atoms with Crippen molar-refractivity contribution in [1.82, 2.24) is 9.62 Å². The molecule has 1 atom stereocenters. The summed E-state index contributed by atoms with van der Waals surface area (Å²) in [5.41, 5.74) is 0. The highest BCUT2D eigenvalue weighted by atomic mass is 32.2. The summed E-state index contributed by atoms with van der Waals surface area (Å²) >= 11 is 0. The molecule has 1 N–H and O–H groups in total. The maximum Gasteiger partial charge on any atom is 0.214 e. The Balaban J connectivity index is 1.93. The third kappa shape index (κ3) is 4.21. The standard InChI is InChI=1S/C13H26N2O2S/c1-2-3-9-15(10-13-5-4-8-14-13)18(16,17)11-12-6-7-12/h12-14H,2-11H2,1H3. The van der Waals surface area contributed by atoms with Gasteiger partial charge in [-0.3, -0.25) is 0 Å². The predicted molar refractivity (Wildman–Crippen MR) is 74.0 cm³/mol. The molecule has 0 aromatic carbocycles. The molecule has 4 nitrogen and oxygen atoms in total. The molecular formula is C13H26N2O2S. The zero-order valence-corrected chi connectivity index (χ0v) is 12.2. The summed E-state index contributed by atoms with van der Waals surface area (Å²) in [6.07, 6.45) is 6.51. The van der Waals surface area contributed by atoms with Crippen LogP contribution in [0, 0.1) is 5.92 Å². The monoisotopic (exact) mass is 274 g/mol. The second kappa shape index (κ2) is 6.35. The van der Waals surface area contributed by atoms with Crippen LogP contribution in [0.1, 0.15) is 45.4 Å². The van der Waals surface area contributed by atoms with E-state index < -0.39 is 10.0 Å².